The lowest BCUT2D eigenvalue weighted by molar-refractivity contribution is 0.0982. The third-order valence-corrected chi connectivity index (χ3v) is 11.0. The van der Waals surface area contributed by atoms with E-state index < -0.39 is 0 Å². The number of piperidine rings is 1. The molecule has 2 N–H and O–H groups in total. The van der Waals surface area contributed by atoms with Crippen molar-refractivity contribution in [2.24, 2.45) is 0 Å². The Kier molecular flexibility index (Phi) is 9.58. The molecule has 47 heavy (non-hydrogen) atoms. The van der Waals surface area contributed by atoms with E-state index in [2.05, 4.69) is 94.0 Å². The zero-order valence-corrected chi connectivity index (χ0v) is 29.9. The SMILES string of the molecule is COc1cc(N2CCC(N3CCN(C)CC3)CC2)c(C)cc1Nc1ncc(Br)c(Nc2ccc3nccnc3c2N(SC)C2CC2)n1. The van der Waals surface area contributed by atoms with Crippen LogP contribution >= 0.6 is 27.9 Å². The summed E-state index contributed by atoms with van der Waals surface area (Å²) >= 11 is 5.38. The van der Waals surface area contributed by atoms with Crippen LogP contribution in [0.25, 0.3) is 11.0 Å². The third kappa shape index (κ3) is 6.94. The first-order valence-electron chi connectivity index (χ1n) is 16.4. The van der Waals surface area contributed by atoms with Crippen molar-refractivity contribution in [3.05, 3.63) is 52.9 Å². The number of nitrogens with one attached hydrogen (secondary N) is 2. The van der Waals surface area contributed by atoms with Crippen molar-refractivity contribution in [3.8, 4) is 5.75 Å². The van der Waals surface area contributed by atoms with E-state index in [9.17, 15) is 0 Å². The Morgan fingerprint density at radius 2 is 1.70 bits per heavy atom. The van der Waals surface area contributed by atoms with Gasteiger partial charge in [-0.3, -0.25) is 14.9 Å². The quantitative estimate of drug-likeness (QED) is 0.177. The Morgan fingerprint density at radius 3 is 2.43 bits per heavy atom. The molecule has 248 valence electrons. The second kappa shape index (κ2) is 14.0. The summed E-state index contributed by atoms with van der Waals surface area (Å²) in [5, 5.41) is 7.01. The summed E-state index contributed by atoms with van der Waals surface area (Å²) in [4.78, 5) is 26.4. The molecule has 0 unspecified atom stereocenters. The van der Waals surface area contributed by atoms with Gasteiger partial charge in [-0.15, -0.1) is 0 Å². The molecule has 11 nitrogen and oxygen atoms in total. The van der Waals surface area contributed by atoms with Gasteiger partial charge < -0.3 is 29.5 Å². The number of methoxy groups -OCH3 is 1. The average Bonchev–Trinajstić information content (AvgIpc) is 3.93. The predicted molar refractivity (Wildman–Crippen MR) is 197 cm³/mol. The van der Waals surface area contributed by atoms with E-state index in [1.165, 1.54) is 50.3 Å². The Hall–Kier alpha value is -3.39. The number of hydrogen-bond donors (Lipinski definition) is 2. The van der Waals surface area contributed by atoms with Gasteiger partial charge in [-0.25, -0.2) is 4.98 Å². The molecular formula is C34H43BrN10OS. The highest BCUT2D eigenvalue weighted by atomic mass is 79.9. The Bertz CT molecular complexity index is 1720. The summed E-state index contributed by atoms with van der Waals surface area (Å²) in [6, 6.07) is 9.51. The summed E-state index contributed by atoms with van der Waals surface area (Å²) in [7, 11) is 3.94. The number of ether oxygens (including phenoxy) is 1. The van der Waals surface area contributed by atoms with Gasteiger partial charge in [-0.05, 0) is 79.3 Å². The zero-order valence-electron chi connectivity index (χ0n) is 27.5. The normalized spacial score (nSPS) is 18.0. The molecule has 2 aromatic carbocycles. The number of anilines is 6. The molecule has 1 aliphatic carbocycles. The fraction of sp³-hybridized carbons (Fsp3) is 0.471. The number of benzene rings is 2. The van der Waals surface area contributed by atoms with Crippen molar-refractivity contribution in [1.82, 2.24) is 29.7 Å². The largest absolute Gasteiger partial charge is 0.494 e. The lowest BCUT2D eigenvalue weighted by atomic mass is 10.0. The van der Waals surface area contributed by atoms with E-state index in [0.29, 0.717) is 23.8 Å². The summed E-state index contributed by atoms with van der Waals surface area (Å²) in [6.45, 7) is 8.97. The van der Waals surface area contributed by atoms with Gasteiger partial charge in [-0.2, -0.15) is 4.98 Å². The minimum Gasteiger partial charge on any atom is -0.494 e. The molecule has 2 aliphatic heterocycles. The minimum atomic E-state index is 0.472. The van der Waals surface area contributed by atoms with Crippen molar-refractivity contribution < 1.29 is 4.74 Å². The first-order valence-corrected chi connectivity index (χ1v) is 18.4. The Morgan fingerprint density at radius 1 is 0.936 bits per heavy atom. The van der Waals surface area contributed by atoms with Crippen LogP contribution in [-0.4, -0.2) is 102 Å². The molecule has 0 spiro atoms. The number of fused-ring (bicyclic) bond motifs is 1. The van der Waals surface area contributed by atoms with Crippen LogP contribution in [0.3, 0.4) is 0 Å². The summed E-state index contributed by atoms with van der Waals surface area (Å²) < 4.78 is 9.00. The van der Waals surface area contributed by atoms with Crippen LogP contribution in [-0.2, 0) is 0 Å². The second-order valence-corrected chi connectivity index (χ2v) is 14.3. The van der Waals surface area contributed by atoms with E-state index in [-0.39, 0.29) is 0 Å². The van der Waals surface area contributed by atoms with Gasteiger partial charge in [0, 0.05) is 88.0 Å². The van der Waals surface area contributed by atoms with Crippen LogP contribution < -0.4 is 24.6 Å². The van der Waals surface area contributed by atoms with Crippen LogP contribution in [0.15, 0.2) is 47.3 Å². The van der Waals surface area contributed by atoms with E-state index in [0.717, 1.165) is 64.2 Å². The van der Waals surface area contributed by atoms with Gasteiger partial charge in [0.1, 0.15) is 17.1 Å². The van der Waals surface area contributed by atoms with Crippen LogP contribution in [0.5, 0.6) is 5.75 Å². The molecule has 3 fully saturated rings. The van der Waals surface area contributed by atoms with E-state index in [1.807, 2.05) is 6.07 Å². The van der Waals surface area contributed by atoms with E-state index in [4.69, 9.17) is 14.7 Å². The van der Waals surface area contributed by atoms with Crippen molar-refractivity contribution in [2.45, 2.75) is 44.7 Å². The van der Waals surface area contributed by atoms with Crippen LogP contribution in [0.4, 0.5) is 34.5 Å². The molecule has 0 radical (unpaired) electrons. The molecule has 0 amide bonds. The Labute approximate surface area is 289 Å². The third-order valence-electron chi connectivity index (χ3n) is 9.53. The monoisotopic (exact) mass is 718 g/mol. The molecule has 0 bridgehead atoms. The standard InChI is InChI=1S/C34H43BrN10OS/c1-22-19-28(30(46-3)20-29(22)44-13-9-23(10-14-44)43-17-15-42(2)16-18-43)40-34-38-21-25(35)33(41-34)39-27-8-7-26-31(37-12-11-36-26)32(27)45(47-4)24-5-6-24/h7-8,11-12,19-21,23-24H,5-6,9-10,13-18H2,1-4H3,(H2,38,39,40,41). The second-order valence-electron chi connectivity index (χ2n) is 12.7. The number of aromatic nitrogens is 4. The van der Waals surface area contributed by atoms with Gasteiger partial charge in [-0.1, -0.05) is 11.9 Å². The number of nitrogens with zero attached hydrogens (tertiary/aromatic N) is 8. The number of halogens is 1. The van der Waals surface area contributed by atoms with Crippen molar-refractivity contribution >= 4 is 73.4 Å². The fourth-order valence-electron chi connectivity index (χ4n) is 6.78. The summed E-state index contributed by atoms with van der Waals surface area (Å²) in [5.41, 5.74) is 6.92. The van der Waals surface area contributed by atoms with Crippen molar-refractivity contribution in [2.75, 3.05) is 79.5 Å². The fourth-order valence-corrected chi connectivity index (χ4v) is 7.95. The van der Waals surface area contributed by atoms with Crippen molar-refractivity contribution in [1.29, 1.82) is 0 Å². The maximum absolute atomic E-state index is 5.90. The summed E-state index contributed by atoms with van der Waals surface area (Å²) in [5.74, 6) is 1.89. The van der Waals surface area contributed by atoms with Gasteiger partial charge in [0.2, 0.25) is 5.95 Å². The van der Waals surface area contributed by atoms with Gasteiger partial charge >= 0.3 is 0 Å². The molecule has 2 aromatic heterocycles. The molecule has 4 aromatic rings. The van der Waals surface area contributed by atoms with Crippen molar-refractivity contribution in [3.63, 3.8) is 0 Å². The van der Waals surface area contributed by atoms with Gasteiger partial charge in [0.25, 0.3) is 0 Å². The zero-order chi connectivity index (χ0) is 32.5. The molecule has 2 saturated heterocycles. The number of aryl methyl sites for hydroxylation is 1. The Balaban J connectivity index is 1.10. The molecule has 3 aliphatic rings. The number of rotatable bonds is 10. The number of hydrogen-bond acceptors (Lipinski definition) is 12. The predicted octanol–water partition coefficient (Wildman–Crippen LogP) is 6.45. The van der Waals surface area contributed by atoms with Crippen LogP contribution in [0.1, 0.15) is 31.2 Å². The van der Waals surface area contributed by atoms with E-state index >= 15 is 0 Å². The van der Waals surface area contributed by atoms with Gasteiger partial charge in [0.05, 0.1) is 34.2 Å². The topological polar surface area (TPSA) is 97.8 Å². The smallest absolute Gasteiger partial charge is 0.229 e. The first kappa shape index (κ1) is 32.2. The van der Waals surface area contributed by atoms with E-state index in [1.54, 1.807) is 37.6 Å². The van der Waals surface area contributed by atoms with Crippen LogP contribution in [0, 0.1) is 6.92 Å². The molecule has 7 rings (SSSR count). The highest BCUT2D eigenvalue weighted by Gasteiger charge is 2.32. The molecule has 4 heterocycles. The molecular weight excluding hydrogens is 676 g/mol. The maximum atomic E-state index is 5.90. The molecule has 0 atom stereocenters. The number of piperazine rings is 1. The highest BCUT2D eigenvalue weighted by Crippen LogP contribution is 2.44. The highest BCUT2D eigenvalue weighted by molar-refractivity contribution is 9.10. The summed E-state index contributed by atoms with van der Waals surface area (Å²) in [6.07, 6.45) is 12.1. The molecule has 1 saturated carbocycles. The lowest BCUT2D eigenvalue weighted by Gasteiger charge is -2.43. The lowest BCUT2D eigenvalue weighted by Crippen LogP contribution is -2.52. The number of likely N-dealkylation sites (N-methyl/N-ethyl adjacent to an activating group) is 1. The maximum Gasteiger partial charge on any atom is 0.229 e. The first-order chi connectivity index (χ1) is 22.9. The molecule has 13 heteroatoms. The average molecular weight is 720 g/mol. The van der Waals surface area contributed by atoms with Crippen LogP contribution in [0.2, 0.25) is 0 Å². The minimum absolute atomic E-state index is 0.472. The van der Waals surface area contributed by atoms with Gasteiger partial charge in [0.15, 0.2) is 0 Å².